The van der Waals surface area contributed by atoms with Crippen molar-refractivity contribution in [2.75, 3.05) is 26.0 Å². The van der Waals surface area contributed by atoms with Crippen LogP contribution >= 0.6 is 0 Å². The molecule has 0 radical (unpaired) electrons. The van der Waals surface area contributed by atoms with E-state index in [9.17, 15) is 12.8 Å². The molecule has 0 amide bonds. The number of piperidine rings is 1. The van der Waals surface area contributed by atoms with E-state index in [1.54, 1.807) is 23.4 Å². The van der Waals surface area contributed by atoms with E-state index in [0.717, 1.165) is 18.4 Å². The first-order chi connectivity index (χ1) is 10.9. The number of hydrogen-bond donors (Lipinski definition) is 1. The maximum atomic E-state index is 13.5. The third kappa shape index (κ3) is 4.43. The van der Waals surface area contributed by atoms with Crippen molar-refractivity contribution in [3.05, 3.63) is 29.6 Å². The summed E-state index contributed by atoms with van der Waals surface area (Å²) in [4.78, 5) is 0. The first kappa shape index (κ1) is 18.2. The van der Waals surface area contributed by atoms with E-state index in [-0.39, 0.29) is 29.4 Å². The van der Waals surface area contributed by atoms with Gasteiger partial charge in [0.1, 0.15) is 0 Å². The van der Waals surface area contributed by atoms with Gasteiger partial charge in [-0.15, -0.1) is 0 Å². The lowest BCUT2D eigenvalue weighted by Gasteiger charge is -2.33. The van der Waals surface area contributed by atoms with E-state index >= 15 is 0 Å². The van der Waals surface area contributed by atoms with Crippen molar-refractivity contribution >= 4 is 10.0 Å². The number of nitrogens with zero attached hydrogens (tertiary/aromatic N) is 1. The van der Waals surface area contributed by atoms with Crippen LogP contribution in [0.3, 0.4) is 0 Å². The molecule has 5 nitrogen and oxygen atoms in total. The van der Waals surface area contributed by atoms with Gasteiger partial charge in [-0.3, -0.25) is 0 Å². The van der Waals surface area contributed by atoms with Gasteiger partial charge < -0.3 is 10.1 Å². The molecule has 1 aromatic carbocycles. The molecule has 1 fully saturated rings. The molecule has 23 heavy (non-hydrogen) atoms. The van der Waals surface area contributed by atoms with Crippen LogP contribution in [0.2, 0.25) is 0 Å². The normalized spacial score (nSPS) is 18.8. The highest BCUT2D eigenvalue weighted by atomic mass is 32.2. The minimum atomic E-state index is -3.09. The molecule has 0 saturated carbocycles. The molecule has 1 aromatic rings. The number of methoxy groups -OCH3 is 1. The molecule has 1 saturated heterocycles. The topological polar surface area (TPSA) is 58.6 Å². The van der Waals surface area contributed by atoms with Crippen LogP contribution in [0.4, 0.5) is 4.39 Å². The zero-order chi connectivity index (χ0) is 17.0. The minimum Gasteiger partial charge on any atom is -0.494 e. The molecule has 0 bridgehead atoms. The fourth-order valence-corrected chi connectivity index (χ4v) is 4.01. The van der Waals surface area contributed by atoms with E-state index in [2.05, 4.69) is 5.32 Å². The van der Waals surface area contributed by atoms with Crippen molar-refractivity contribution in [2.24, 2.45) is 0 Å². The molecule has 0 spiro atoms. The number of halogens is 1. The molecular weight excluding hydrogens is 319 g/mol. The summed E-state index contributed by atoms with van der Waals surface area (Å²) in [7, 11) is -1.64. The lowest BCUT2D eigenvalue weighted by Crippen LogP contribution is -2.45. The molecule has 1 heterocycles. The minimum absolute atomic E-state index is 0.0452. The van der Waals surface area contributed by atoms with Gasteiger partial charge in [0.25, 0.3) is 0 Å². The Morgan fingerprint density at radius 3 is 2.61 bits per heavy atom. The van der Waals surface area contributed by atoms with Gasteiger partial charge in [0.15, 0.2) is 11.6 Å². The quantitative estimate of drug-likeness (QED) is 0.860. The van der Waals surface area contributed by atoms with Crippen molar-refractivity contribution < 1.29 is 17.5 Å². The molecule has 0 aromatic heterocycles. The Morgan fingerprint density at radius 2 is 2.04 bits per heavy atom. The first-order valence-corrected chi connectivity index (χ1v) is 9.55. The van der Waals surface area contributed by atoms with Gasteiger partial charge in [-0.2, -0.15) is 0 Å². The van der Waals surface area contributed by atoms with E-state index in [0.29, 0.717) is 13.1 Å². The SMILES string of the molecule is CCS(=O)(=O)N1CCC(NC(C)c2ccc(F)c(OC)c2)CC1. The molecule has 0 aliphatic carbocycles. The Morgan fingerprint density at radius 1 is 1.39 bits per heavy atom. The second-order valence-electron chi connectivity index (χ2n) is 5.86. The Bertz CT molecular complexity index is 628. The van der Waals surface area contributed by atoms with Crippen LogP contribution in [0.15, 0.2) is 18.2 Å². The predicted molar refractivity (Wildman–Crippen MR) is 88.6 cm³/mol. The molecule has 7 heteroatoms. The summed E-state index contributed by atoms with van der Waals surface area (Å²) in [5, 5.41) is 3.50. The van der Waals surface area contributed by atoms with Crippen LogP contribution in [0.5, 0.6) is 5.75 Å². The lowest BCUT2D eigenvalue weighted by molar-refractivity contribution is 0.277. The highest BCUT2D eigenvalue weighted by Gasteiger charge is 2.27. The van der Waals surface area contributed by atoms with Crippen LogP contribution < -0.4 is 10.1 Å². The number of ether oxygens (including phenoxy) is 1. The summed E-state index contributed by atoms with van der Waals surface area (Å²) in [5.74, 6) is 0.0122. The third-order valence-corrected chi connectivity index (χ3v) is 6.25. The summed E-state index contributed by atoms with van der Waals surface area (Å²) in [6.07, 6.45) is 1.56. The molecule has 1 N–H and O–H groups in total. The van der Waals surface area contributed by atoms with Crippen molar-refractivity contribution in [1.29, 1.82) is 0 Å². The van der Waals surface area contributed by atoms with Gasteiger partial charge in [0.2, 0.25) is 10.0 Å². The molecular formula is C16H25FN2O3S. The van der Waals surface area contributed by atoms with Crippen molar-refractivity contribution in [2.45, 2.75) is 38.8 Å². The van der Waals surface area contributed by atoms with Gasteiger partial charge in [-0.1, -0.05) is 6.07 Å². The van der Waals surface area contributed by atoms with Gasteiger partial charge in [0, 0.05) is 25.2 Å². The standard InChI is InChI=1S/C16H25FN2O3S/c1-4-23(20,21)19-9-7-14(8-10-19)18-12(2)13-5-6-15(17)16(11-13)22-3/h5-6,11-12,14,18H,4,7-10H2,1-3H3. The smallest absolute Gasteiger partial charge is 0.213 e. The van der Waals surface area contributed by atoms with Crippen LogP contribution in [0.1, 0.15) is 38.3 Å². The monoisotopic (exact) mass is 344 g/mol. The summed E-state index contributed by atoms with van der Waals surface area (Å²) in [5.41, 5.74) is 0.951. The second kappa shape index (κ2) is 7.59. The summed E-state index contributed by atoms with van der Waals surface area (Å²) in [6.45, 7) is 4.78. The Balaban J connectivity index is 1.93. The van der Waals surface area contributed by atoms with Crippen LogP contribution in [0.25, 0.3) is 0 Å². The predicted octanol–water partition coefficient (Wildman–Crippen LogP) is 2.30. The lowest BCUT2D eigenvalue weighted by atomic mass is 10.0. The van der Waals surface area contributed by atoms with Gasteiger partial charge in [-0.05, 0) is 44.4 Å². The molecule has 1 unspecified atom stereocenters. The van der Waals surface area contributed by atoms with Crippen LogP contribution in [-0.2, 0) is 10.0 Å². The zero-order valence-electron chi connectivity index (χ0n) is 13.9. The summed E-state index contributed by atoms with van der Waals surface area (Å²) >= 11 is 0. The fraction of sp³-hybridized carbons (Fsp3) is 0.625. The average molecular weight is 344 g/mol. The Labute approximate surface area is 137 Å². The number of hydrogen-bond acceptors (Lipinski definition) is 4. The van der Waals surface area contributed by atoms with Crippen molar-refractivity contribution in [3.8, 4) is 5.75 Å². The number of rotatable bonds is 6. The maximum Gasteiger partial charge on any atom is 0.213 e. The van der Waals surface area contributed by atoms with Crippen molar-refractivity contribution in [3.63, 3.8) is 0 Å². The van der Waals surface area contributed by atoms with E-state index in [1.807, 2.05) is 6.92 Å². The van der Waals surface area contributed by atoms with E-state index < -0.39 is 10.0 Å². The van der Waals surface area contributed by atoms with Gasteiger partial charge in [-0.25, -0.2) is 17.1 Å². The largest absolute Gasteiger partial charge is 0.494 e. The number of nitrogens with one attached hydrogen (secondary N) is 1. The number of sulfonamides is 1. The molecule has 1 aliphatic heterocycles. The van der Waals surface area contributed by atoms with Crippen LogP contribution in [0, 0.1) is 5.82 Å². The van der Waals surface area contributed by atoms with Gasteiger partial charge >= 0.3 is 0 Å². The first-order valence-electron chi connectivity index (χ1n) is 7.94. The maximum absolute atomic E-state index is 13.5. The molecule has 1 atom stereocenters. The average Bonchev–Trinajstić information content (AvgIpc) is 2.55. The highest BCUT2D eigenvalue weighted by Crippen LogP contribution is 2.24. The number of benzene rings is 1. The fourth-order valence-electron chi connectivity index (χ4n) is 2.88. The van der Waals surface area contributed by atoms with E-state index in [4.69, 9.17) is 4.74 Å². The molecule has 130 valence electrons. The van der Waals surface area contributed by atoms with Gasteiger partial charge in [0.05, 0.1) is 12.9 Å². The summed E-state index contributed by atoms with van der Waals surface area (Å²) < 4.78 is 43.8. The Kier molecular flexibility index (Phi) is 6.00. The zero-order valence-corrected chi connectivity index (χ0v) is 14.7. The summed E-state index contributed by atoms with van der Waals surface area (Å²) in [6, 6.07) is 5.15. The highest BCUT2D eigenvalue weighted by molar-refractivity contribution is 7.89. The third-order valence-electron chi connectivity index (χ3n) is 4.37. The molecule has 2 rings (SSSR count). The molecule has 1 aliphatic rings. The second-order valence-corrected chi connectivity index (χ2v) is 8.11. The van der Waals surface area contributed by atoms with Crippen LogP contribution in [-0.4, -0.2) is 44.7 Å². The van der Waals surface area contributed by atoms with Crippen molar-refractivity contribution in [1.82, 2.24) is 9.62 Å². The van der Waals surface area contributed by atoms with E-state index in [1.165, 1.54) is 13.2 Å². The Hall–Kier alpha value is -1.18.